The van der Waals surface area contributed by atoms with Gasteiger partial charge in [-0.1, -0.05) is 0 Å². The lowest BCUT2D eigenvalue weighted by Crippen LogP contribution is -2.14. The molecule has 1 aromatic rings. The van der Waals surface area contributed by atoms with Crippen molar-refractivity contribution in [2.75, 3.05) is 6.61 Å². The summed E-state index contributed by atoms with van der Waals surface area (Å²) >= 11 is 0. The minimum absolute atomic E-state index is 0.0140. The topological polar surface area (TPSA) is 39.2 Å². The van der Waals surface area contributed by atoms with Crippen molar-refractivity contribution in [3.63, 3.8) is 0 Å². The third-order valence-electron chi connectivity index (χ3n) is 1.87. The van der Waals surface area contributed by atoms with E-state index in [2.05, 4.69) is 9.72 Å². The Morgan fingerprint density at radius 3 is 2.53 bits per heavy atom. The van der Waals surface area contributed by atoms with Gasteiger partial charge in [0.15, 0.2) is 0 Å². The molecule has 0 spiro atoms. The molecule has 0 aliphatic rings. The Morgan fingerprint density at radius 2 is 2.12 bits per heavy atom. The van der Waals surface area contributed by atoms with E-state index in [0.717, 1.165) is 6.07 Å². The molecule has 17 heavy (non-hydrogen) atoms. The van der Waals surface area contributed by atoms with E-state index >= 15 is 0 Å². The predicted molar refractivity (Wildman–Crippen MR) is 49.7 cm³/mol. The molecule has 0 aliphatic carbocycles. The summed E-state index contributed by atoms with van der Waals surface area (Å²) in [6.07, 6.45) is -6.24. The van der Waals surface area contributed by atoms with E-state index in [1.165, 1.54) is 6.92 Å². The Hall–Kier alpha value is -1.66. The van der Waals surface area contributed by atoms with Crippen LogP contribution in [0.5, 0.6) is 0 Å². The van der Waals surface area contributed by atoms with Crippen LogP contribution in [0.2, 0.25) is 0 Å². The van der Waals surface area contributed by atoms with Crippen molar-refractivity contribution < 1.29 is 27.1 Å². The summed E-state index contributed by atoms with van der Waals surface area (Å²) in [5.74, 6) is -1.17. The van der Waals surface area contributed by atoms with Crippen LogP contribution in [0.15, 0.2) is 18.3 Å². The molecule has 0 N–H and O–H groups in total. The number of rotatable bonds is 3. The second-order valence-electron chi connectivity index (χ2n) is 3.08. The molecule has 0 saturated heterocycles. The molecule has 7 heteroatoms. The second-order valence-corrected chi connectivity index (χ2v) is 3.08. The van der Waals surface area contributed by atoms with Crippen LogP contribution in [-0.4, -0.2) is 17.6 Å². The maximum atomic E-state index is 13.3. The summed E-state index contributed by atoms with van der Waals surface area (Å²) in [7, 11) is 0. The first kappa shape index (κ1) is 13.4. The van der Waals surface area contributed by atoms with Crippen molar-refractivity contribution in [3.8, 4) is 0 Å². The van der Waals surface area contributed by atoms with Crippen molar-refractivity contribution >= 4 is 5.97 Å². The van der Waals surface area contributed by atoms with Gasteiger partial charge in [0, 0.05) is 6.20 Å². The van der Waals surface area contributed by atoms with E-state index in [1.54, 1.807) is 0 Å². The zero-order chi connectivity index (χ0) is 13.1. The summed E-state index contributed by atoms with van der Waals surface area (Å²) in [6, 6.07) is 1.47. The Labute approximate surface area is 94.4 Å². The fourth-order valence-corrected chi connectivity index (χ4v) is 1.06. The molecule has 0 fully saturated rings. The van der Waals surface area contributed by atoms with E-state index < -0.39 is 29.6 Å². The molecular formula is C10H9F4NO2. The van der Waals surface area contributed by atoms with Crippen molar-refractivity contribution in [2.24, 2.45) is 0 Å². The number of alkyl halides is 4. The fraction of sp³-hybridized carbons (Fsp3) is 0.400. The van der Waals surface area contributed by atoms with Crippen LogP contribution in [0.25, 0.3) is 0 Å². The highest BCUT2D eigenvalue weighted by Gasteiger charge is 2.31. The number of halogens is 4. The zero-order valence-corrected chi connectivity index (χ0v) is 8.79. The van der Waals surface area contributed by atoms with Gasteiger partial charge < -0.3 is 4.74 Å². The number of carbonyl (C=O) groups excluding carboxylic acids is 1. The van der Waals surface area contributed by atoms with Gasteiger partial charge in [0.1, 0.15) is 0 Å². The zero-order valence-electron chi connectivity index (χ0n) is 8.79. The van der Waals surface area contributed by atoms with Crippen LogP contribution in [0.1, 0.15) is 24.4 Å². The Morgan fingerprint density at radius 1 is 1.47 bits per heavy atom. The van der Waals surface area contributed by atoms with Gasteiger partial charge in [-0.15, -0.1) is 0 Å². The van der Waals surface area contributed by atoms with Crippen LogP contribution < -0.4 is 0 Å². The highest BCUT2D eigenvalue weighted by molar-refractivity contribution is 5.75. The number of hydrogen-bond acceptors (Lipinski definition) is 3. The number of ether oxygens (including phenoxy) is 1. The minimum Gasteiger partial charge on any atom is -0.464 e. The first-order chi connectivity index (χ1) is 7.86. The molecule has 0 bridgehead atoms. The molecule has 1 rings (SSSR count). The molecule has 94 valence electrons. The van der Waals surface area contributed by atoms with Gasteiger partial charge in [-0.05, 0) is 19.1 Å². The number of aromatic nitrogens is 1. The maximum Gasteiger partial charge on any atom is 0.417 e. The van der Waals surface area contributed by atoms with Gasteiger partial charge in [0.25, 0.3) is 0 Å². The Bertz CT molecular complexity index is 388. The summed E-state index contributed by atoms with van der Waals surface area (Å²) in [4.78, 5) is 14.2. The number of nitrogens with zero attached hydrogens (tertiary/aromatic N) is 1. The van der Waals surface area contributed by atoms with E-state index in [4.69, 9.17) is 0 Å². The monoisotopic (exact) mass is 251 g/mol. The van der Waals surface area contributed by atoms with E-state index in [9.17, 15) is 22.4 Å². The molecule has 0 radical (unpaired) electrons. The van der Waals surface area contributed by atoms with Gasteiger partial charge in [-0.3, -0.25) is 4.98 Å². The summed E-state index contributed by atoms with van der Waals surface area (Å²) < 4.78 is 54.2. The van der Waals surface area contributed by atoms with Crippen molar-refractivity contribution in [3.05, 3.63) is 29.6 Å². The largest absolute Gasteiger partial charge is 0.464 e. The molecule has 0 amide bonds. The second kappa shape index (κ2) is 5.11. The normalized spacial score (nSPS) is 13.2. The highest BCUT2D eigenvalue weighted by atomic mass is 19.4. The number of esters is 1. The molecule has 1 aromatic heterocycles. The van der Waals surface area contributed by atoms with E-state index in [0.29, 0.717) is 12.3 Å². The Kier molecular flexibility index (Phi) is 4.03. The van der Waals surface area contributed by atoms with Crippen LogP contribution in [0, 0.1) is 0 Å². The van der Waals surface area contributed by atoms with Gasteiger partial charge in [0.2, 0.25) is 6.17 Å². The first-order valence-corrected chi connectivity index (χ1v) is 4.70. The highest BCUT2D eigenvalue weighted by Crippen LogP contribution is 2.29. The SMILES string of the molecule is CCOC(=O)C(F)c1ccc(C(F)(F)F)cn1. The standard InChI is InChI=1S/C10H9F4NO2/c1-2-17-9(16)8(11)7-4-3-6(5-15-7)10(12,13)14/h3-5,8H,2H2,1H3. The fourth-order valence-electron chi connectivity index (χ4n) is 1.06. The number of carbonyl (C=O) groups is 1. The van der Waals surface area contributed by atoms with Crippen molar-refractivity contribution in [2.45, 2.75) is 19.3 Å². The van der Waals surface area contributed by atoms with Crippen molar-refractivity contribution in [1.82, 2.24) is 4.98 Å². The van der Waals surface area contributed by atoms with E-state index in [-0.39, 0.29) is 6.61 Å². The summed E-state index contributed by atoms with van der Waals surface area (Å²) in [5.41, 5.74) is -1.41. The first-order valence-electron chi connectivity index (χ1n) is 4.70. The van der Waals surface area contributed by atoms with Gasteiger partial charge in [-0.2, -0.15) is 13.2 Å². The van der Waals surface area contributed by atoms with Gasteiger partial charge in [-0.25, -0.2) is 9.18 Å². The van der Waals surface area contributed by atoms with Crippen molar-refractivity contribution in [1.29, 1.82) is 0 Å². The molecule has 0 aliphatic heterocycles. The summed E-state index contributed by atoms with van der Waals surface area (Å²) in [6.45, 7) is 1.48. The Balaban J connectivity index is 2.84. The van der Waals surface area contributed by atoms with Gasteiger partial charge >= 0.3 is 12.1 Å². The van der Waals surface area contributed by atoms with E-state index in [1.807, 2.05) is 0 Å². The van der Waals surface area contributed by atoms with Crippen LogP contribution >= 0.6 is 0 Å². The predicted octanol–water partition coefficient (Wildman–Crippen LogP) is 2.67. The molecule has 1 heterocycles. The molecule has 1 unspecified atom stereocenters. The van der Waals surface area contributed by atoms with Crippen LogP contribution in [-0.2, 0) is 15.7 Å². The lowest BCUT2D eigenvalue weighted by atomic mass is 10.2. The summed E-state index contributed by atoms with van der Waals surface area (Å²) in [5, 5.41) is 0. The number of pyridine rings is 1. The average Bonchev–Trinajstić information content (AvgIpc) is 2.27. The smallest absolute Gasteiger partial charge is 0.417 e. The molecule has 3 nitrogen and oxygen atoms in total. The van der Waals surface area contributed by atoms with Crippen LogP contribution in [0.4, 0.5) is 17.6 Å². The lowest BCUT2D eigenvalue weighted by molar-refractivity contribution is -0.149. The average molecular weight is 251 g/mol. The third kappa shape index (κ3) is 3.40. The quantitative estimate of drug-likeness (QED) is 0.612. The number of hydrogen-bond donors (Lipinski definition) is 0. The third-order valence-corrected chi connectivity index (χ3v) is 1.87. The molecule has 0 aromatic carbocycles. The molecule has 1 atom stereocenters. The maximum absolute atomic E-state index is 13.3. The molecule has 0 saturated carbocycles. The lowest BCUT2D eigenvalue weighted by Gasteiger charge is -2.09. The van der Waals surface area contributed by atoms with Crippen LogP contribution in [0.3, 0.4) is 0 Å². The van der Waals surface area contributed by atoms with Gasteiger partial charge in [0.05, 0.1) is 17.9 Å². The molecular weight excluding hydrogens is 242 g/mol. The minimum atomic E-state index is -4.54.